The van der Waals surface area contributed by atoms with Gasteiger partial charge in [0.2, 0.25) is 5.91 Å². The molecule has 0 fully saturated rings. The molecule has 0 bridgehead atoms. The Morgan fingerprint density at radius 3 is 2.76 bits per heavy atom. The van der Waals surface area contributed by atoms with E-state index in [-0.39, 0.29) is 19.1 Å². The van der Waals surface area contributed by atoms with Crippen molar-refractivity contribution >= 4 is 40.1 Å². The molecule has 1 N–H and O–H groups in total. The molecule has 1 heterocycles. The minimum atomic E-state index is -0.459. The maximum Gasteiger partial charge on any atom is 0.340 e. The van der Waals surface area contributed by atoms with Crippen LogP contribution in [0.1, 0.15) is 17.3 Å². The quantitative estimate of drug-likeness (QED) is 0.700. The summed E-state index contributed by atoms with van der Waals surface area (Å²) in [5.41, 5.74) is 1.69. The number of benzene rings is 2. The van der Waals surface area contributed by atoms with Gasteiger partial charge in [0, 0.05) is 22.1 Å². The minimum absolute atomic E-state index is 0.127. The summed E-state index contributed by atoms with van der Waals surface area (Å²) < 4.78 is 6.84. The van der Waals surface area contributed by atoms with Gasteiger partial charge in [0.15, 0.2) is 0 Å². The maximum absolute atomic E-state index is 12.4. The number of para-hydroxylation sites is 1. The molecule has 0 unspecified atom stereocenters. The number of anilines is 1. The number of fused-ring (bicyclic) bond motifs is 1. The van der Waals surface area contributed by atoms with Crippen LogP contribution in [0.5, 0.6) is 0 Å². The minimum Gasteiger partial charge on any atom is -0.462 e. The number of halogens is 1. The van der Waals surface area contributed by atoms with E-state index < -0.39 is 5.97 Å². The SMILES string of the molecule is CCOC(=O)c1ccccc1NC(=O)Cn1ccc2cc(Cl)ccc21. The first-order valence-electron chi connectivity index (χ1n) is 7.89. The molecule has 0 aliphatic heterocycles. The van der Waals surface area contributed by atoms with E-state index in [1.54, 1.807) is 37.3 Å². The number of nitrogens with zero attached hydrogens (tertiary/aromatic N) is 1. The second-order valence-corrected chi connectivity index (χ2v) is 5.90. The Balaban J connectivity index is 1.78. The molecule has 0 aliphatic carbocycles. The predicted octanol–water partition coefficient (Wildman–Crippen LogP) is 4.11. The molecule has 1 amide bonds. The molecule has 0 spiro atoms. The van der Waals surface area contributed by atoms with Crippen molar-refractivity contribution < 1.29 is 14.3 Å². The van der Waals surface area contributed by atoms with Crippen LogP contribution in [0.25, 0.3) is 10.9 Å². The van der Waals surface area contributed by atoms with Gasteiger partial charge in [-0.1, -0.05) is 23.7 Å². The third kappa shape index (κ3) is 3.83. The van der Waals surface area contributed by atoms with Crippen LogP contribution in [0.3, 0.4) is 0 Å². The molecule has 2 aromatic carbocycles. The van der Waals surface area contributed by atoms with Crippen molar-refractivity contribution in [3.8, 4) is 0 Å². The van der Waals surface area contributed by atoms with Gasteiger partial charge >= 0.3 is 5.97 Å². The first kappa shape index (κ1) is 17.0. The maximum atomic E-state index is 12.4. The number of amides is 1. The molecule has 3 rings (SSSR count). The molecule has 0 atom stereocenters. The lowest BCUT2D eigenvalue weighted by atomic mass is 10.2. The molecule has 128 valence electrons. The Bertz CT molecular complexity index is 933. The van der Waals surface area contributed by atoms with Crippen molar-refractivity contribution in [1.29, 1.82) is 0 Å². The zero-order valence-corrected chi connectivity index (χ0v) is 14.4. The van der Waals surface area contributed by atoms with Crippen LogP contribution < -0.4 is 5.32 Å². The predicted molar refractivity (Wildman–Crippen MR) is 98.0 cm³/mol. The van der Waals surface area contributed by atoms with Gasteiger partial charge in [0.1, 0.15) is 6.54 Å². The number of ether oxygens (including phenoxy) is 1. The number of nitrogens with one attached hydrogen (secondary N) is 1. The highest BCUT2D eigenvalue weighted by Crippen LogP contribution is 2.21. The van der Waals surface area contributed by atoms with Gasteiger partial charge in [-0.3, -0.25) is 4.79 Å². The van der Waals surface area contributed by atoms with Crippen LogP contribution in [-0.4, -0.2) is 23.1 Å². The average Bonchev–Trinajstić information content (AvgIpc) is 2.97. The third-order valence-corrected chi connectivity index (χ3v) is 3.98. The number of esters is 1. The fraction of sp³-hybridized carbons (Fsp3) is 0.158. The first-order valence-corrected chi connectivity index (χ1v) is 8.26. The van der Waals surface area contributed by atoms with Crippen LogP contribution in [0.15, 0.2) is 54.7 Å². The molecule has 6 heteroatoms. The molecule has 3 aromatic rings. The van der Waals surface area contributed by atoms with Crippen molar-refractivity contribution in [3.63, 3.8) is 0 Å². The summed E-state index contributed by atoms with van der Waals surface area (Å²) in [5.74, 6) is -0.691. The van der Waals surface area contributed by atoms with E-state index in [2.05, 4.69) is 5.32 Å². The van der Waals surface area contributed by atoms with Crippen LogP contribution in [0.4, 0.5) is 5.69 Å². The highest BCUT2D eigenvalue weighted by atomic mass is 35.5. The summed E-state index contributed by atoms with van der Waals surface area (Å²) >= 11 is 5.98. The molecule has 25 heavy (non-hydrogen) atoms. The molecular formula is C19H17ClN2O3. The number of aromatic nitrogens is 1. The van der Waals surface area contributed by atoms with E-state index in [1.807, 2.05) is 29.0 Å². The smallest absolute Gasteiger partial charge is 0.340 e. The Labute approximate surface area is 150 Å². The van der Waals surface area contributed by atoms with Crippen molar-refractivity contribution in [1.82, 2.24) is 4.57 Å². The Morgan fingerprint density at radius 2 is 1.96 bits per heavy atom. The zero-order chi connectivity index (χ0) is 17.8. The molecule has 0 radical (unpaired) electrons. The topological polar surface area (TPSA) is 60.3 Å². The van der Waals surface area contributed by atoms with E-state index in [0.29, 0.717) is 16.3 Å². The fourth-order valence-corrected chi connectivity index (χ4v) is 2.81. The number of rotatable bonds is 5. The van der Waals surface area contributed by atoms with Crippen LogP contribution in [0, 0.1) is 0 Å². The Hall–Kier alpha value is -2.79. The van der Waals surface area contributed by atoms with Crippen molar-refractivity contribution in [2.45, 2.75) is 13.5 Å². The standard InChI is InChI=1S/C19H17ClN2O3/c1-2-25-19(24)15-5-3-4-6-16(15)21-18(23)12-22-10-9-13-11-14(20)7-8-17(13)22/h3-11H,2,12H2,1H3,(H,21,23). The van der Waals surface area contributed by atoms with E-state index >= 15 is 0 Å². The normalized spacial score (nSPS) is 10.6. The van der Waals surface area contributed by atoms with Crippen LogP contribution >= 0.6 is 11.6 Å². The van der Waals surface area contributed by atoms with Crippen LogP contribution in [0.2, 0.25) is 5.02 Å². The molecule has 0 saturated heterocycles. The lowest BCUT2D eigenvalue weighted by molar-refractivity contribution is -0.116. The van der Waals surface area contributed by atoms with Gasteiger partial charge in [-0.2, -0.15) is 0 Å². The van der Waals surface area contributed by atoms with Gasteiger partial charge in [0.05, 0.1) is 17.9 Å². The van der Waals surface area contributed by atoms with E-state index in [4.69, 9.17) is 16.3 Å². The van der Waals surface area contributed by atoms with Crippen molar-refractivity contribution in [3.05, 3.63) is 65.3 Å². The number of carbonyl (C=O) groups is 2. The zero-order valence-electron chi connectivity index (χ0n) is 13.7. The number of hydrogen-bond acceptors (Lipinski definition) is 3. The Kier molecular flexibility index (Phi) is 5.05. The van der Waals surface area contributed by atoms with Gasteiger partial charge in [-0.05, 0) is 43.3 Å². The van der Waals surface area contributed by atoms with E-state index in [9.17, 15) is 9.59 Å². The van der Waals surface area contributed by atoms with Gasteiger partial charge in [0.25, 0.3) is 0 Å². The summed E-state index contributed by atoms with van der Waals surface area (Å²) in [6, 6.07) is 14.2. The lowest BCUT2D eigenvalue weighted by Gasteiger charge is -2.11. The number of carbonyl (C=O) groups excluding carboxylic acids is 2. The third-order valence-electron chi connectivity index (χ3n) is 3.74. The summed E-state index contributed by atoms with van der Waals surface area (Å²) in [7, 11) is 0. The second kappa shape index (κ2) is 7.40. The van der Waals surface area contributed by atoms with E-state index in [0.717, 1.165) is 10.9 Å². The van der Waals surface area contributed by atoms with Gasteiger partial charge < -0.3 is 14.6 Å². The fourth-order valence-electron chi connectivity index (χ4n) is 2.63. The second-order valence-electron chi connectivity index (χ2n) is 5.46. The summed E-state index contributed by atoms with van der Waals surface area (Å²) in [4.78, 5) is 24.4. The summed E-state index contributed by atoms with van der Waals surface area (Å²) in [5, 5.41) is 4.39. The van der Waals surface area contributed by atoms with Crippen molar-refractivity contribution in [2.24, 2.45) is 0 Å². The molecule has 0 saturated carbocycles. The molecular weight excluding hydrogens is 340 g/mol. The van der Waals surface area contributed by atoms with E-state index in [1.165, 1.54) is 0 Å². The van der Waals surface area contributed by atoms with Gasteiger partial charge in [-0.25, -0.2) is 4.79 Å². The van der Waals surface area contributed by atoms with Crippen molar-refractivity contribution in [2.75, 3.05) is 11.9 Å². The van der Waals surface area contributed by atoms with Gasteiger partial charge in [-0.15, -0.1) is 0 Å². The summed E-state index contributed by atoms with van der Waals surface area (Å²) in [6.07, 6.45) is 1.83. The Morgan fingerprint density at radius 1 is 1.16 bits per heavy atom. The monoisotopic (exact) mass is 356 g/mol. The molecule has 5 nitrogen and oxygen atoms in total. The lowest BCUT2D eigenvalue weighted by Crippen LogP contribution is -2.20. The summed E-state index contributed by atoms with van der Waals surface area (Å²) in [6.45, 7) is 2.14. The molecule has 0 aliphatic rings. The highest BCUT2D eigenvalue weighted by Gasteiger charge is 2.14. The van der Waals surface area contributed by atoms with Crippen LogP contribution in [-0.2, 0) is 16.1 Å². The largest absolute Gasteiger partial charge is 0.462 e. The highest BCUT2D eigenvalue weighted by molar-refractivity contribution is 6.31. The molecule has 1 aromatic heterocycles. The first-order chi connectivity index (χ1) is 12.1. The average molecular weight is 357 g/mol. The number of hydrogen-bond donors (Lipinski definition) is 1.